The Morgan fingerprint density at radius 2 is 2.07 bits per heavy atom. The van der Waals surface area contributed by atoms with Crippen molar-refractivity contribution in [2.24, 2.45) is 0 Å². The third kappa shape index (κ3) is 1.60. The van der Waals surface area contributed by atoms with Gasteiger partial charge in [-0.15, -0.1) is 0 Å². The van der Waals surface area contributed by atoms with Gasteiger partial charge in [0.1, 0.15) is 0 Å². The average Bonchev–Trinajstić information content (AvgIpc) is 2.27. The highest BCUT2D eigenvalue weighted by molar-refractivity contribution is 9.08. The van der Waals surface area contributed by atoms with Crippen LogP contribution >= 0.6 is 15.9 Å². The summed E-state index contributed by atoms with van der Waals surface area (Å²) in [5.74, 6) is 0. The first-order valence-electron chi connectivity index (χ1n) is 4.55. The molecule has 2 aromatic carbocycles. The third-order valence-corrected chi connectivity index (χ3v) is 3.00. The van der Waals surface area contributed by atoms with Crippen molar-refractivity contribution in [3.05, 3.63) is 54.1 Å². The van der Waals surface area contributed by atoms with E-state index in [0.717, 1.165) is 5.33 Å². The van der Waals surface area contributed by atoms with Crippen LogP contribution in [0, 0.1) is 0 Å². The zero-order chi connectivity index (χ0) is 9.97. The van der Waals surface area contributed by atoms with Crippen LogP contribution in [0.4, 0.5) is 0 Å². The number of rotatable bonds is 2. The van der Waals surface area contributed by atoms with Crippen molar-refractivity contribution in [2.45, 2.75) is 5.33 Å². The Labute approximate surface area is 92.4 Å². The van der Waals surface area contributed by atoms with Crippen LogP contribution in [-0.4, -0.2) is 0 Å². The van der Waals surface area contributed by atoms with Gasteiger partial charge < -0.3 is 0 Å². The molecule has 0 saturated heterocycles. The van der Waals surface area contributed by atoms with Crippen LogP contribution < -0.4 is 0 Å². The van der Waals surface area contributed by atoms with Gasteiger partial charge in [0.15, 0.2) is 0 Å². The van der Waals surface area contributed by atoms with Crippen molar-refractivity contribution in [1.82, 2.24) is 0 Å². The van der Waals surface area contributed by atoms with E-state index in [1.54, 1.807) is 0 Å². The fourth-order valence-electron chi connectivity index (χ4n) is 1.62. The molecule has 2 rings (SSSR count). The molecule has 0 heterocycles. The Balaban J connectivity index is 2.73. The van der Waals surface area contributed by atoms with Crippen molar-refractivity contribution in [3.63, 3.8) is 0 Å². The molecule has 0 aliphatic heterocycles. The van der Waals surface area contributed by atoms with Crippen molar-refractivity contribution in [2.75, 3.05) is 0 Å². The summed E-state index contributed by atoms with van der Waals surface area (Å²) < 4.78 is 0. The van der Waals surface area contributed by atoms with E-state index in [9.17, 15) is 0 Å². The molecule has 0 aliphatic rings. The molecule has 0 saturated carbocycles. The summed E-state index contributed by atoms with van der Waals surface area (Å²) >= 11 is 3.46. The van der Waals surface area contributed by atoms with Gasteiger partial charge in [-0.3, -0.25) is 0 Å². The van der Waals surface area contributed by atoms with Crippen LogP contribution in [0.15, 0.2) is 43.0 Å². The molecule has 2 aromatic rings. The molecule has 0 aliphatic carbocycles. The SMILES string of the molecule is C=Cc1cccc2cc(CBr)ccc12. The van der Waals surface area contributed by atoms with Gasteiger partial charge in [-0.25, -0.2) is 0 Å². The lowest BCUT2D eigenvalue weighted by molar-refractivity contribution is 1.46. The second-order valence-corrected chi connectivity index (χ2v) is 3.80. The van der Waals surface area contributed by atoms with E-state index in [0.29, 0.717) is 0 Å². The molecule has 0 aromatic heterocycles. The number of halogens is 1. The summed E-state index contributed by atoms with van der Waals surface area (Å²) in [6.07, 6.45) is 1.90. The Morgan fingerprint density at radius 3 is 2.79 bits per heavy atom. The van der Waals surface area contributed by atoms with Gasteiger partial charge >= 0.3 is 0 Å². The molecule has 0 fully saturated rings. The fraction of sp³-hybridized carbons (Fsp3) is 0.0769. The van der Waals surface area contributed by atoms with Gasteiger partial charge in [0.25, 0.3) is 0 Å². The topological polar surface area (TPSA) is 0 Å². The first-order valence-corrected chi connectivity index (χ1v) is 5.67. The minimum atomic E-state index is 0.904. The highest BCUT2D eigenvalue weighted by Crippen LogP contribution is 2.21. The normalized spacial score (nSPS) is 10.4. The Morgan fingerprint density at radius 1 is 1.21 bits per heavy atom. The second kappa shape index (κ2) is 3.97. The summed E-state index contributed by atoms with van der Waals surface area (Å²) in [5, 5.41) is 3.45. The van der Waals surface area contributed by atoms with Gasteiger partial charge in [0, 0.05) is 5.33 Å². The predicted octanol–water partition coefficient (Wildman–Crippen LogP) is 4.38. The molecule has 70 valence electrons. The summed E-state index contributed by atoms with van der Waals surface area (Å²) in [6, 6.07) is 12.8. The molecule has 0 spiro atoms. The zero-order valence-electron chi connectivity index (χ0n) is 7.83. The fourth-order valence-corrected chi connectivity index (χ4v) is 1.97. The van der Waals surface area contributed by atoms with Crippen LogP contribution in [0.3, 0.4) is 0 Å². The molecule has 0 unspecified atom stereocenters. The summed E-state index contributed by atoms with van der Waals surface area (Å²) in [5.41, 5.74) is 2.50. The lowest BCUT2D eigenvalue weighted by atomic mass is 10.0. The Kier molecular flexibility index (Phi) is 2.69. The van der Waals surface area contributed by atoms with Gasteiger partial charge in [-0.1, -0.05) is 65.0 Å². The van der Waals surface area contributed by atoms with Crippen LogP contribution in [-0.2, 0) is 5.33 Å². The highest BCUT2D eigenvalue weighted by Gasteiger charge is 1.98. The first-order chi connectivity index (χ1) is 6.85. The monoisotopic (exact) mass is 246 g/mol. The highest BCUT2D eigenvalue weighted by atomic mass is 79.9. The number of hydrogen-bond acceptors (Lipinski definition) is 0. The first kappa shape index (κ1) is 9.47. The Bertz CT molecular complexity index is 472. The van der Waals surface area contributed by atoms with Crippen molar-refractivity contribution in [1.29, 1.82) is 0 Å². The van der Waals surface area contributed by atoms with E-state index in [2.05, 4.69) is 58.9 Å². The number of benzene rings is 2. The maximum absolute atomic E-state index is 3.81. The summed E-state index contributed by atoms with van der Waals surface area (Å²) in [6.45, 7) is 3.81. The third-order valence-electron chi connectivity index (χ3n) is 2.35. The smallest absolute Gasteiger partial charge is 0.0283 e. The number of fused-ring (bicyclic) bond motifs is 1. The molecule has 14 heavy (non-hydrogen) atoms. The van der Waals surface area contributed by atoms with Crippen LogP contribution in [0.2, 0.25) is 0 Å². The Hall–Kier alpha value is -1.08. The van der Waals surface area contributed by atoms with Crippen LogP contribution in [0.1, 0.15) is 11.1 Å². The molecule has 0 nitrogen and oxygen atoms in total. The average molecular weight is 247 g/mol. The molecule has 0 atom stereocenters. The molecular formula is C13H11Br. The van der Waals surface area contributed by atoms with Crippen molar-refractivity contribution < 1.29 is 0 Å². The molecule has 0 N–H and O–H groups in total. The van der Waals surface area contributed by atoms with Crippen LogP contribution in [0.5, 0.6) is 0 Å². The minimum Gasteiger partial charge on any atom is -0.0984 e. The molecule has 0 radical (unpaired) electrons. The standard InChI is InChI=1S/C13H11Br/c1-2-11-4-3-5-12-8-10(9-14)6-7-13(11)12/h2-8H,1,9H2. The minimum absolute atomic E-state index is 0.904. The van der Waals surface area contributed by atoms with E-state index in [1.807, 2.05) is 6.08 Å². The maximum atomic E-state index is 3.81. The van der Waals surface area contributed by atoms with E-state index >= 15 is 0 Å². The largest absolute Gasteiger partial charge is 0.0984 e. The predicted molar refractivity (Wildman–Crippen MR) is 66.7 cm³/mol. The maximum Gasteiger partial charge on any atom is 0.0283 e. The molecular weight excluding hydrogens is 236 g/mol. The molecule has 0 bridgehead atoms. The zero-order valence-corrected chi connectivity index (χ0v) is 9.42. The van der Waals surface area contributed by atoms with Gasteiger partial charge in [0.2, 0.25) is 0 Å². The second-order valence-electron chi connectivity index (χ2n) is 3.24. The summed E-state index contributed by atoms with van der Waals surface area (Å²) in [4.78, 5) is 0. The lowest BCUT2D eigenvalue weighted by Gasteiger charge is -2.03. The van der Waals surface area contributed by atoms with Crippen molar-refractivity contribution in [3.8, 4) is 0 Å². The summed E-state index contributed by atoms with van der Waals surface area (Å²) in [7, 11) is 0. The molecule has 0 amide bonds. The van der Waals surface area contributed by atoms with Crippen LogP contribution in [0.25, 0.3) is 16.8 Å². The quantitative estimate of drug-likeness (QED) is 0.691. The van der Waals surface area contributed by atoms with Gasteiger partial charge in [0.05, 0.1) is 0 Å². The van der Waals surface area contributed by atoms with Gasteiger partial charge in [-0.05, 0) is 21.9 Å². The van der Waals surface area contributed by atoms with E-state index < -0.39 is 0 Å². The van der Waals surface area contributed by atoms with E-state index in [4.69, 9.17) is 0 Å². The van der Waals surface area contributed by atoms with E-state index in [-0.39, 0.29) is 0 Å². The van der Waals surface area contributed by atoms with Gasteiger partial charge in [-0.2, -0.15) is 0 Å². The number of hydrogen-bond donors (Lipinski definition) is 0. The number of alkyl halides is 1. The lowest BCUT2D eigenvalue weighted by Crippen LogP contribution is -1.81. The molecule has 1 heteroatoms. The van der Waals surface area contributed by atoms with E-state index in [1.165, 1.54) is 21.9 Å². The van der Waals surface area contributed by atoms with Crippen molar-refractivity contribution >= 4 is 32.8 Å².